The molecule has 1 heterocycles. The maximum absolute atomic E-state index is 3.24. The fraction of sp³-hybridized carbons (Fsp3) is 0. The van der Waals surface area contributed by atoms with E-state index >= 15 is 0 Å². The molecule has 2 aromatic carbocycles. The van der Waals surface area contributed by atoms with Crippen molar-refractivity contribution in [1.29, 1.82) is 0 Å². The second-order valence-corrected chi connectivity index (χ2v) is 4.69. The van der Waals surface area contributed by atoms with Crippen LogP contribution in [0.5, 0.6) is 0 Å². The van der Waals surface area contributed by atoms with E-state index in [1.807, 2.05) is 12.1 Å². The Kier molecular flexibility index (Phi) is 2.76. The number of thiophene rings is 1. The van der Waals surface area contributed by atoms with E-state index in [-0.39, 0.29) is 0 Å². The highest BCUT2D eigenvalue weighted by Gasteiger charge is 2.08. The van der Waals surface area contributed by atoms with Crippen LogP contribution in [0, 0.1) is 5.38 Å². The van der Waals surface area contributed by atoms with Crippen molar-refractivity contribution in [2.75, 3.05) is 0 Å². The molecule has 1 aromatic heterocycles. The molecule has 0 saturated heterocycles. The van der Waals surface area contributed by atoms with Crippen LogP contribution in [-0.2, 0) is 0 Å². The summed E-state index contributed by atoms with van der Waals surface area (Å²) in [5.74, 6) is 0. The second kappa shape index (κ2) is 4.56. The van der Waals surface area contributed by atoms with Gasteiger partial charge in [0.25, 0.3) is 0 Å². The van der Waals surface area contributed by atoms with Crippen molar-refractivity contribution in [2.45, 2.75) is 0 Å². The lowest BCUT2D eigenvalue weighted by Crippen LogP contribution is -1.77. The lowest BCUT2D eigenvalue weighted by molar-refractivity contribution is 1.65. The van der Waals surface area contributed by atoms with Gasteiger partial charge in [0.2, 0.25) is 0 Å². The van der Waals surface area contributed by atoms with Crippen LogP contribution in [0.25, 0.3) is 21.6 Å². The van der Waals surface area contributed by atoms with Gasteiger partial charge in [-0.05, 0) is 17.2 Å². The van der Waals surface area contributed by atoms with E-state index in [4.69, 9.17) is 0 Å². The maximum Gasteiger partial charge on any atom is 0.0456 e. The number of hydrogen-bond donors (Lipinski definition) is 0. The topological polar surface area (TPSA) is 0 Å². The summed E-state index contributed by atoms with van der Waals surface area (Å²) in [4.78, 5) is 1.29. The molecule has 0 unspecified atom stereocenters. The van der Waals surface area contributed by atoms with Gasteiger partial charge in [-0.25, -0.2) is 0 Å². The van der Waals surface area contributed by atoms with Gasteiger partial charge in [-0.3, -0.25) is 0 Å². The van der Waals surface area contributed by atoms with Crippen LogP contribution in [0.3, 0.4) is 0 Å². The lowest BCUT2D eigenvalue weighted by atomic mass is 10.0. The predicted octanol–water partition coefficient (Wildman–Crippen LogP) is 4.88. The van der Waals surface area contributed by atoms with Crippen molar-refractivity contribution in [2.24, 2.45) is 0 Å². The highest BCUT2D eigenvalue weighted by atomic mass is 32.1. The van der Waals surface area contributed by atoms with Crippen LogP contribution in [0.2, 0.25) is 0 Å². The Morgan fingerprint density at radius 2 is 1.29 bits per heavy atom. The third-order valence-corrected chi connectivity index (χ3v) is 3.63. The quantitative estimate of drug-likeness (QED) is 0.593. The van der Waals surface area contributed by atoms with Crippen LogP contribution < -0.4 is 0 Å². The molecular formula is C16H11S. The molecule has 0 amide bonds. The van der Waals surface area contributed by atoms with Crippen molar-refractivity contribution < 1.29 is 0 Å². The molecule has 17 heavy (non-hydrogen) atoms. The molecule has 0 aliphatic heterocycles. The van der Waals surface area contributed by atoms with Crippen molar-refractivity contribution in [1.82, 2.24) is 0 Å². The van der Waals surface area contributed by atoms with Crippen molar-refractivity contribution >= 4 is 11.3 Å². The molecule has 1 heteroatoms. The zero-order valence-electron chi connectivity index (χ0n) is 9.26. The van der Waals surface area contributed by atoms with E-state index in [2.05, 4.69) is 60.0 Å². The highest BCUT2D eigenvalue weighted by Crippen LogP contribution is 2.35. The monoisotopic (exact) mass is 235 g/mol. The van der Waals surface area contributed by atoms with Gasteiger partial charge >= 0.3 is 0 Å². The first-order chi connectivity index (χ1) is 8.45. The largest absolute Gasteiger partial charge is 0.134 e. The number of benzene rings is 2. The first kappa shape index (κ1) is 10.3. The molecular weight excluding hydrogens is 224 g/mol. The Bertz CT molecular complexity index is 540. The molecule has 0 nitrogen and oxygen atoms in total. The molecule has 0 aliphatic rings. The minimum Gasteiger partial charge on any atom is -0.134 e. The fourth-order valence-electron chi connectivity index (χ4n) is 1.90. The molecule has 0 atom stereocenters. The smallest absolute Gasteiger partial charge is 0.0456 e. The SMILES string of the molecule is [c]1cc(-c2ccccc2)c(-c2ccccc2)s1. The molecule has 81 valence electrons. The molecule has 0 spiro atoms. The van der Waals surface area contributed by atoms with E-state index in [1.165, 1.54) is 21.6 Å². The zero-order chi connectivity index (χ0) is 11.5. The fourth-order valence-corrected chi connectivity index (χ4v) is 2.74. The predicted molar refractivity (Wildman–Crippen MR) is 74.0 cm³/mol. The molecule has 0 N–H and O–H groups in total. The minimum absolute atomic E-state index is 1.25. The highest BCUT2D eigenvalue weighted by molar-refractivity contribution is 7.13. The third-order valence-electron chi connectivity index (χ3n) is 2.73. The van der Waals surface area contributed by atoms with Crippen LogP contribution in [0.1, 0.15) is 0 Å². The molecule has 0 aliphatic carbocycles. The Morgan fingerprint density at radius 3 is 1.94 bits per heavy atom. The lowest BCUT2D eigenvalue weighted by Gasteiger charge is -2.03. The van der Waals surface area contributed by atoms with Crippen molar-refractivity contribution in [3.8, 4) is 21.6 Å². The van der Waals surface area contributed by atoms with Crippen molar-refractivity contribution in [3.05, 3.63) is 72.1 Å². The van der Waals surface area contributed by atoms with E-state index in [1.54, 1.807) is 11.3 Å². The first-order valence-electron chi connectivity index (χ1n) is 5.56. The Labute approximate surface area is 105 Å². The summed E-state index contributed by atoms with van der Waals surface area (Å²) in [5, 5.41) is 3.24. The van der Waals surface area contributed by atoms with E-state index < -0.39 is 0 Å². The van der Waals surface area contributed by atoms with Gasteiger partial charge in [0.1, 0.15) is 0 Å². The third kappa shape index (κ3) is 2.02. The summed E-state index contributed by atoms with van der Waals surface area (Å²) < 4.78 is 0. The summed E-state index contributed by atoms with van der Waals surface area (Å²) >= 11 is 1.67. The van der Waals surface area contributed by atoms with Crippen LogP contribution in [-0.4, -0.2) is 0 Å². The van der Waals surface area contributed by atoms with E-state index in [9.17, 15) is 0 Å². The minimum atomic E-state index is 1.25. The average Bonchev–Trinajstić information content (AvgIpc) is 2.90. The van der Waals surface area contributed by atoms with Gasteiger partial charge in [-0.1, -0.05) is 60.7 Å². The second-order valence-electron chi connectivity index (χ2n) is 3.84. The van der Waals surface area contributed by atoms with E-state index in [0.29, 0.717) is 0 Å². The molecule has 1 radical (unpaired) electrons. The maximum atomic E-state index is 3.24. The van der Waals surface area contributed by atoms with Gasteiger partial charge in [0.15, 0.2) is 0 Å². The molecule has 0 bridgehead atoms. The van der Waals surface area contributed by atoms with Crippen LogP contribution in [0.4, 0.5) is 0 Å². The Balaban J connectivity index is 2.13. The van der Waals surface area contributed by atoms with Crippen molar-refractivity contribution in [3.63, 3.8) is 0 Å². The van der Waals surface area contributed by atoms with Gasteiger partial charge in [-0.15, -0.1) is 11.3 Å². The first-order valence-corrected chi connectivity index (χ1v) is 6.37. The number of hydrogen-bond acceptors (Lipinski definition) is 1. The zero-order valence-corrected chi connectivity index (χ0v) is 10.1. The summed E-state index contributed by atoms with van der Waals surface area (Å²) in [6.45, 7) is 0. The summed E-state index contributed by atoms with van der Waals surface area (Å²) in [7, 11) is 0. The molecule has 0 fully saturated rings. The van der Waals surface area contributed by atoms with Gasteiger partial charge < -0.3 is 0 Å². The molecule has 3 aromatic rings. The standard InChI is InChI=1S/C16H11S/c1-3-7-13(8-4-1)15-11-12-17-16(15)14-9-5-2-6-10-14/h1-11H. The summed E-state index contributed by atoms with van der Waals surface area (Å²) in [5.41, 5.74) is 3.78. The summed E-state index contributed by atoms with van der Waals surface area (Å²) in [6.07, 6.45) is 0. The Morgan fingerprint density at radius 1 is 0.706 bits per heavy atom. The molecule has 0 saturated carbocycles. The molecule has 3 rings (SSSR count). The van der Waals surface area contributed by atoms with Gasteiger partial charge in [0.05, 0.1) is 0 Å². The number of rotatable bonds is 2. The van der Waals surface area contributed by atoms with Crippen LogP contribution in [0.15, 0.2) is 66.7 Å². The Hall–Kier alpha value is -1.86. The van der Waals surface area contributed by atoms with Gasteiger partial charge in [-0.2, -0.15) is 0 Å². The van der Waals surface area contributed by atoms with Gasteiger partial charge in [0, 0.05) is 15.8 Å². The normalized spacial score (nSPS) is 10.4. The summed E-state index contributed by atoms with van der Waals surface area (Å²) in [6, 6.07) is 23.0. The average molecular weight is 235 g/mol. The van der Waals surface area contributed by atoms with Crippen LogP contribution >= 0.6 is 11.3 Å². The van der Waals surface area contributed by atoms with E-state index in [0.717, 1.165) is 0 Å².